The van der Waals surface area contributed by atoms with E-state index in [1.807, 2.05) is 6.92 Å². The lowest BCUT2D eigenvalue weighted by Crippen LogP contribution is -2.20. The number of carbonyl (C=O) groups excluding carboxylic acids is 2. The molecular formula is C28H30N2O7S. The van der Waals surface area contributed by atoms with Crippen LogP contribution in [0.25, 0.3) is 0 Å². The van der Waals surface area contributed by atoms with E-state index in [2.05, 4.69) is 4.72 Å². The van der Waals surface area contributed by atoms with Crippen LogP contribution in [0, 0.1) is 0 Å². The number of aromatic hydroxyl groups is 1. The first-order chi connectivity index (χ1) is 18.1. The minimum Gasteiger partial charge on any atom is -0.506 e. The molecule has 0 spiro atoms. The maximum atomic E-state index is 13.1. The second kappa shape index (κ2) is 11.2. The number of nitrogens with one attached hydrogen (secondary N) is 1. The number of nitrogens with two attached hydrogens (primary N) is 1. The summed E-state index contributed by atoms with van der Waals surface area (Å²) in [5, 5.41) is 11.2. The van der Waals surface area contributed by atoms with Crippen LogP contribution >= 0.6 is 0 Å². The number of primary amides is 1. The average Bonchev–Trinajstić information content (AvgIpc) is 2.86. The number of carbonyl (C=O) groups is 2. The van der Waals surface area contributed by atoms with Gasteiger partial charge >= 0.3 is 5.63 Å². The first kappa shape index (κ1) is 27.1. The molecule has 10 heteroatoms. The minimum atomic E-state index is -3.99. The number of rotatable bonds is 8. The molecule has 0 bridgehead atoms. The van der Waals surface area contributed by atoms with Crippen LogP contribution in [-0.2, 0) is 16.4 Å². The number of hydrogen-bond acceptors (Lipinski definition) is 7. The number of Topliss-reactive ketones (excluding diaryl/α,β-unsaturated/α-hetero) is 1. The highest BCUT2D eigenvalue weighted by Crippen LogP contribution is 2.38. The fourth-order valence-electron chi connectivity index (χ4n) is 4.82. The molecule has 1 unspecified atom stereocenters. The lowest BCUT2D eigenvalue weighted by atomic mass is 9.85. The molecular weight excluding hydrogens is 508 g/mol. The number of fused-ring (bicyclic) bond motifs is 1. The van der Waals surface area contributed by atoms with Crippen LogP contribution in [0.2, 0.25) is 0 Å². The highest BCUT2D eigenvalue weighted by atomic mass is 32.2. The predicted octanol–water partition coefficient (Wildman–Crippen LogP) is 4.48. The van der Waals surface area contributed by atoms with Gasteiger partial charge in [0, 0.05) is 30.0 Å². The van der Waals surface area contributed by atoms with Crippen LogP contribution in [-0.4, -0.2) is 25.2 Å². The molecule has 4 N–H and O–H groups in total. The number of amides is 1. The number of aryl methyl sites for hydroxylation is 1. The Morgan fingerprint density at radius 2 is 1.79 bits per heavy atom. The third-order valence-corrected chi connectivity index (χ3v) is 8.11. The molecule has 1 amide bonds. The Balaban J connectivity index is 1.72. The summed E-state index contributed by atoms with van der Waals surface area (Å²) in [6, 6.07) is 11.7. The van der Waals surface area contributed by atoms with Gasteiger partial charge in [-0.25, -0.2) is 13.2 Å². The van der Waals surface area contributed by atoms with E-state index in [1.54, 1.807) is 24.3 Å². The summed E-state index contributed by atoms with van der Waals surface area (Å²) >= 11 is 0. The van der Waals surface area contributed by atoms with Crippen molar-refractivity contribution in [3.63, 3.8) is 0 Å². The van der Waals surface area contributed by atoms with E-state index in [4.69, 9.17) is 10.2 Å². The maximum absolute atomic E-state index is 13.1. The third-order valence-electron chi connectivity index (χ3n) is 6.71. The van der Waals surface area contributed by atoms with Gasteiger partial charge in [-0.3, -0.25) is 14.3 Å². The molecule has 3 aromatic rings. The van der Waals surface area contributed by atoms with Gasteiger partial charge in [0.25, 0.3) is 10.0 Å². The van der Waals surface area contributed by atoms with Crippen LogP contribution in [0.3, 0.4) is 0 Å². The molecule has 1 heterocycles. The first-order valence-electron chi connectivity index (χ1n) is 12.6. The quantitative estimate of drug-likeness (QED) is 0.382. The van der Waals surface area contributed by atoms with Crippen molar-refractivity contribution in [2.75, 3.05) is 4.72 Å². The fourth-order valence-corrected chi connectivity index (χ4v) is 5.87. The average molecular weight is 539 g/mol. The summed E-state index contributed by atoms with van der Waals surface area (Å²) in [5.41, 5.74) is 5.61. The van der Waals surface area contributed by atoms with Gasteiger partial charge in [-0.05, 0) is 61.2 Å². The smallest absolute Gasteiger partial charge is 0.343 e. The van der Waals surface area contributed by atoms with Gasteiger partial charge in [-0.1, -0.05) is 31.9 Å². The first-order valence-corrected chi connectivity index (χ1v) is 14.1. The Kier molecular flexibility index (Phi) is 8.01. The van der Waals surface area contributed by atoms with Crippen molar-refractivity contribution in [3.05, 3.63) is 87.0 Å². The van der Waals surface area contributed by atoms with E-state index in [0.717, 1.165) is 12.8 Å². The second-order valence-corrected chi connectivity index (χ2v) is 11.1. The van der Waals surface area contributed by atoms with Gasteiger partial charge in [0.1, 0.15) is 11.5 Å². The Morgan fingerprint density at radius 3 is 2.47 bits per heavy atom. The highest BCUT2D eigenvalue weighted by molar-refractivity contribution is 7.92. The molecule has 4 rings (SSSR count). The maximum Gasteiger partial charge on any atom is 0.343 e. The van der Waals surface area contributed by atoms with E-state index in [1.165, 1.54) is 24.3 Å². The summed E-state index contributed by atoms with van der Waals surface area (Å²) in [7, 11) is -3.99. The topological polar surface area (TPSA) is 157 Å². The number of ketones is 1. The van der Waals surface area contributed by atoms with Crippen molar-refractivity contribution >= 4 is 27.4 Å². The van der Waals surface area contributed by atoms with Crippen LogP contribution in [0.4, 0.5) is 5.69 Å². The van der Waals surface area contributed by atoms with Gasteiger partial charge < -0.3 is 15.3 Å². The van der Waals surface area contributed by atoms with Gasteiger partial charge in [0.2, 0.25) is 5.91 Å². The molecule has 0 aliphatic heterocycles. The summed E-state index contributed by atoms with van der Waals surface area (Å²) in [6.07, 6.45) is 4.08. The molecule has 0 saturated heterocycles. The molecule has 0 radical (unpaired) electrons. The largest absolute Gasteiger partial charge is 0.506 e. The van der Waals surface area contributed by atoms with Crippen molar-refractivity contribution in [2.24, 2.45) is 5.73 Å². The summed E-state index contributed by atoms with van der Waals surface area (Å²) in [5.74, 6) is -1.66. The Hall–Kier alpha value is -3.92. The number of anilines is 1. The predicted molar refractivity (Wildman–Crippen MR) is 142 cm³/mol. The molecule has 1 aliphatic rings. The number of hydrogen-bond donors (Lipinski definition) is 3. The molecule has 38 heavy (non-hydrogen) atoms. The second-order valence-electron chi connectivity index (χ2n) is 9.39. The SMILES string of the molecule is CCCC(c1cccc(NS(=O)(=O)c2ccc(C(N)=O)cc2)c1)c1c(O)c2c(oc1=O)CCCCCC2=O. The van der Waals surface area contributed by atoms with Crippen LogP contribution in [0.5, 0.6) is 5.75 Å². The molecule has 1 aromatic heterocycles. The Morgan fingerprint density at radius 1 is 1.08 bits per heavy atom. The van der Waals surface area contributed by atoms with E-state index < -0.39 is 27.5 Å². The van der Waals surface area contributed by atoms with Crippen LogP contribution in [0.1, 0.15) is 89.0 Å². The Bertz CT molecular complexity index is 1530. The van der Waals surface area contributed by atoms with Gasteiger partial charge in [0.05, 0.1) is 16.0 Å². The zero-order valence-electron chi connectivity index (χ0n) is 21.0. The summed E-state index contributed by atoms with van der Waals surface area (Å²) < 4.78 is 34.0. The molecule has 2 aromatic carbocycles. The van der Waals surface area contributed by atoms with Crippen molar-refractivity contribution < 1.29 is 27.5 Å². The van der Waals surface area contributed by atoms with E-state index in [9.17, 15) is 27.9 Å². The van der Waals surface area contributed by atoms with E-state index in [0.29, 0.717) is 31.2 Å². The zero-order valence-corrected chi connectivity index (χ0v) is 21.8. The fraction of sp³-hybridized carbons (Fsp3) is 0.321. The standard InChI is InChI=1S/C28H30N2O7S/c1-2-7-21(24-26(32)25-22(31)10-4-3-5-11-23(25)37-28(24)34)18-8-6-9-19(16-18)30-38(35,36)20-14-12-17(13-15-20)27(29)33/h6,8-9,12-16,21,30,32H,2-5,7,10-11H2,1H3,(H2,29,33). The van der Waals surface area contributed by atoms with Crippen molar-refractivity contribution in [1.82, 2.24) is 0 Å². The monoisotopic (exact) mass is 538 g/mol. The highest BCUT2D eigenvalue weighted by Gasteiger charge is 2.30. The molecule has 0 saturated carbocycles. The Labute approximate surface area is 220 Å². The number of sulfonamides is 1. The van der Waals surface area contributed by atoms with Gasteiger partial charge in [-0.2, -0.15) is 0 Å². The van der Waals surface area contributed by atoms with Gasteiger partial charge in [0.15, 0.2) is 5.78 Å². The molecule has 1 atom stereocenters. The van der Waals surface area contributed by atoms with E-state index in [-0.39, 0.29) is 51.0 Å². The van der Waals surface area contributed by atoms with Crippen molar-refractivity contribution in [3.8, 4) is 5.75 Å². The number of benzene rings is 2. The third kappa shape index (κ3) is 5.65. The van der Waals surface area contributed by atoms with Crippen LogP contribution < -0.4 is 16.1 Å². The molecule has 0 fully saturated rings. The summed E-state index contributed by atoms with van der Waals surface area (Å²) in [4.78, 5) is 37.2. The minimum absolute atomic E-state index is 0.00145. The van der Waals surface area contributed by atoms with E-state index >= 15 is 0 Å². The summed E-state index contributed by atoms with van der Waals surface area (Å²) in [6.45, 7) is 1.92. The lowest BCUT2D eigenvalue weighted by Gasteiger charge is -2.21. The van der Waals surface area contributed by atoms with Crippen molar-refractivity contribution in [2.45, 2.75) is 62.7 Å². The van der Waals surface area contributed by atoms with Crippen molar-refractivity contribution in [1.29, 1.82) is 0 Å². The lowest BCUT2D eigenvalue weighted by molar-refractivity contribution is 0.0966. The van der Waals surface area contributed by atoms with Crippen LogP contribution in [0.15, 0.2) is 62.6 Å². The molecule has 1 aliphatic carbocycles. The molecule has 200 valence electrons. The normalized spacial score (nSPS) is 14.7. The zero-order chi connectivity index (χ0) is 27.4. The molecule has 9 nitrogen and oxygen atoms in total. The van der Waals surface area contributed by atoms with Gasteiger partial charge in [-0.15, -0.1) is 0 Å².